The highest BCUT2D eigenvalue weighted by Crippen LogP contribution is 2.23. The maximum Gasteiger partial charge on any atom is 0.257 e. The molecule has 0 aliphatic rings. The second kappa shape index (κ2) is 6.28. The number of nitrogen functional groups attached to an aromatic ring is 1. The molecule has 100 valence electrons. The summed E-state index contributed by atoms with van der Waals surface area (Å²) in [7, 11) is 3.36. The maximum atomic E-state index is 12.4. The Morgan fingerprint density at radius 3 is 2.72 bits per heavy atom. The van der Waals surface area contributed by atoms with Gasteiger partial charge in [0.2, 0.25) is 0 Å². The molecule has 0 saturated heterocycles. The van der Waals surface area contributed by atoms with Crippen LogP contribution in [0.2, 0.25) is 0 Å². The van der Waals surface area contributed by atoms with Gasteiger partial charge in [-0.3, -0.25) is 4.79 Å². The Morgan fingerprint density at radius 2 is 2.17 bits per heavy atom. The molecule has 1 rings (SSSR count). The van der Waals surface area contributed by atoms with Crippen molar-refractivity contribution in [2.75, 3.05) is 19.9 Å². The van der Waals surface area contributed by atoms with E-state index in [1.165, 1.54) is 0 Å². The second-order valence-electron chi connectivity index (χ2n) is 4.51. The van der Waals surface area contributed by atoms with Crippen molar-refractivity contribution in [2.24, 2.45) is 0 Å². The summed E-state index contributed by atoms with van der Waals surface area (Å²) in [6, 6.07) is 5.32. The summed E-state index contributed by atoms with van der Waals surface area (Å²) in [5.74, 6) is 0.504. The number of carbonyl (C=O) groups excluding carboxylic acids is 1. The zero-order valence-corrected chi connectivity index (χ0v) is 11.6. The topological polar surface area (TPSA) is 55.6 Å². The smallest absolute Gasteiger partial charge is 0.257 e. The van der Waals surface area contributed by atoms with Crippen LogP contribution in [0.15, 0.2) is 18.2 Å². The lowest BCUT2D eigenvalue weighted by molar-refractivity contribution is 0.0733. The fraction of sp³-hybridized carbons (Fsp3) is 0.500. The molecule has 0 fully saturated rings. The highest BCUT2D eigenvalue weighted by atomic mass is 16.5. The lowest BCUT2D eigenvalue weighted by atomic mass is 10.1. The Morgan fingerprint density at radius 1 is 1.50 bits per heavy atom. The molecule has 0 aliphatic heterocycles. The van der Waals surface area contributed by atoms with Gasteiger partial charge in [-0.25, -0.2) is 0 Å². The number of benzene rings is 1. The summed E-state index contributed by atoms with van der Waals surface area (Å²) >= 11 is 0. The molecule has 1 aromatic carbocycles. The number of amides is 1. The van der Waals surface area contributed by atoms with E-state index in [1.54, 1.807) is 30.2 Å². The van der Waals surface area contributed by atoms with Crippen molar-refractivity contribution >= 4 is 11.6 Å². The highest BCUT2D eigenvalue weighted by Gasteiger charge is 2.20. The Kier molecular flexibility index (Phi) is 5.01. The van der Waals surface area contributed by atoms with Gasteiger partial charge < -0.3 is 15.4 Å². The molecule has 2 N–H and O–H groups in total. The molecule has 0 saturated carbocycles. The molecule has 4 heteroatoms. The zero-order valence-electron chi connectivity index (χ0n) is 11.6. The van der Waals surface area contributed by atoms with Crippen LogP contribution in [0.4, 0.5) is 5.69 Å². The van der Waals surface area contributed by atoms with E-state index >= 15 is 0 Å². The SMILES string of the molecule is CCCC(C)N(C)C(=O)c1cc(N)ccc1OC. The summed E-state index contributed by atoms with van der Waals surface area (Å²) in [6.45, 7) is 4.15. The zero-order chi connectivity index (χ0) is 13.7. The van der Waals surface area contributed by atoms with E-state index in [0.717, 1.165) is 12.8 Å². The number of carbonyl (C=O) groups is 1. The van der Waals surface area contributed by atoms with Gasteiger partial charge in [-0.15, -0.1) is 0 Å². The summed E-state index contributed by atoms with van der Waals surface area (Å²) < 4.78 is 5.21. The predicted molar refractivity (Wildman–Crippen MR) is 73.9 cm³/mol. The van der Waals surface area contributed by atoms with Crippen LogP contribution in [-0.4, -0.2) is 31.0 Å². The minimum atomic E-state index is -0.0555. The van der Waals surface area contributed by atoms with Gasteiger partial charge in [-0.05, 0) is 31.5 Å². The number of ether oxygens (including phenoxy) is 1. The first kappa shape index (κ1) is 14.4. The van der Waals surface area contributed by atoms with E-state index in [-0.39, 0.29) is 11.9 Å². The summed E-state index contributed by atoms with van der Waals surface area (Å²) in [4.78, 5) is 14.1. The number of anilines is 1. The normalized spacial score (nSPS) is 12.0. The molecule has 18 heavy (non-hydrogen) atoms. The molecule has 1 amide bonds. The maximum absolute atomic E-state index is 12.4. The van der Waals surface area contributed by atoms with Crippen LogP contribution in [0.25, 0.3) is 0 Å². The van der Waals surface area contributed by atoms with E-state index in [2.05, 4.69) is 6.92 Å². The molecular weight excluding hydrogens is 228 g/mol. The van der Waals surface area contributed by atoms with Crippen molar-refractivity contribution < 1.29 is 9.53 Å². The van der Waals surface area contributed by atoms with Gasteiger partial charge >= 0.3 is 0 Å². The Hall–Kier alpha value is -1.71. The number of hydrogen-bond acceptors (Lipinski definition) is 3. The van der Waals surface area contributed by atoms with Crippen molar-refractivity contribution in [3.05, 3.63) is 23.8 Å². The second-order valence-corrected chi connectivity index (χ2v) is 4.51. The molecule has 1 unspecified atom stereocenters. The van der Waals surface area contributed by atoms with E-state index in [1.807, 2.05) is 14.0 Å². The average molecular weight is 250 g/mol. The largest absolute Gasteiger partial charge is 0.496 e. The first-order valence-electron chi connectivity index (χ1n) is 6.21. The Bertz CT molecular complexity index is 418. The van der Waals surface area contributed by atoms with Crippen molar-refractivity contribution in [3.8, 4) is 5.75 Å². The summed E-state index contributed by atoms with van der Waals surface area (Å²) in [5, 5.41) is 0. The number of hydrogen-bond donors (Lipinski definition) is 1. The number of methoxy groups -OCH3 is 1. The van der Waals surface area contributed by atoms with Crippen LogP contribution < -0.4 is 10.5 Å². The molecule has 0 aromatic heterocycles. The lowest BCUT2D eigenvalue weighted by Gasteiger charge is -2.25. The molecule has 4 nitrogen and oxygen atoms in total. The molecule has 0 radical (unpaired) electrons. The van der Waals surface area contributed by atoms with Gasteiger partial charge in [0.05, 0.1) is 12.7 Å². The first-order chi connectivity index (χ1) is 8.51. The van der Waals surface area contributed by atoms with E-state index in [9.17, 15) is 4.79 Å². The molecule has 0 bridgehead atoms. The third-order valence-electron chi connectivity index (χ3n) is 3.14. The van der Waals surface area contributed by atoms with Crippen LogP contribution in [0.3, 0.4) is 0 Å². The van der Waals surface area contributed by atoms with Gasteiger partial charge in [-0.1, -0.05) is 13.3 Å². The number of nitrogens with zero attached hydrogens (tertiary/aromatic N) is 1. The molecule has 0 aliphatic carbocycles. The first-order valence-corrected chi connectivity index (χ1v) is 6.21. The van der Waals surface area contributed by atoms with Crippen molar-refractivity contribution in [2.45, 2.75) is 32.7 Å². The summed E-state index contributed by atoms with van der Waals surface area (Å²) in [5.41, 5.74) is 6.81. The van der Waals surface area contributed by atoms with Gasteiger partial charge in [-0.2, -0.15) is 0 Å². The van der Waals surface area contributed by atoms with E-state index in [0.29, 0.717) is 17.0 Å². The van der Waals surface area contributed by atoms with Gasteiger partial charge in [0.25, 0.3) is 5.91 Å². The minimum Gasteiger partial charge on any atom is -0.496 e. The van der Waals surface area contributed by atoms with Gasteiger partial charge in [0.15, 0.2) is 0 Å². The van der Waals surface area contributed by atoms with Gasteiger partial charge in [0, 0.05) is 18.8 Å². The van der Waals surface area contributed by atoms with Gasteiger partial charge in [0.1, 0.15) is 5.75 Å². The monoisotopic (exact) mass is 250 g/mol. The highest BCUT2D eigenvalue weighted by molar-refractivity contribution is 5.97. The number of rotatable bonds is 5. The van der Waals surface area contributed by atoms with Crippen LogP contribution in [0.1, 0.15) is 37.0 Å². The van der Waals surface area contributed by atoms with Crippen molar-refractivity contribution in [1.82, 2.24) is 4.90 Å². The van der Waals surface area contributed by atoms with Crippen molar-refractivity contribution in [3.63, 3.8) is 0 Å². The van der Waals surface area contributed by atoms with Crippen LogP contribution in [0, 0.1) is 0 Å². The van der Waals surface area contributed by atoms with E-state index in [4.69, 9.17) is 10.5 Å². The molecular formula is C14H22N2O2. The van der Waals surface area contributed by atoms with Crippen LogP contribution in [0.5, 0.6) is 5.75 Å². The van der Waals surface area contributed by atoms with E-state index < -0.39 is 0 Å². The molecule has 0 heterocycles. The molecule has 1 atom stereocenters. The quantitative estimate of drug-likeness (QED) is 0.817. The lowest BCUT2D eigenvalue weighted by Crippen LogP contribution is -2.35. The third-order valence-corrected chi connectivity index (χ3v) is 3.14. The Labute approximate surface area is 109 Å². The minimum absolute atomic E-state index is 0.0555. The van der Waals surface area contributed by atoms with Crippen LogP contribution in [-0.2, 0) is 0 Å². The third kappa shape index (κ3) is 3.15. The summed E-state index contributed by atoms with van der Waals surface area (Å²) in [6.07, 6.45) is 2.03. The number of nitrogens with two attached hydrogens (primary N) is 1. The Balaban J connectivity index is 2.98. The molecule has 1 aromatic rings. The predicted octanol–water partition coefficient (Wildman–Crippen LogP) is 2.54. The van der Waals surface area contributed by atoms with Crippen LogP contribution >= 0.6 is 0 Å². The van der Waals surface area contributed by atoms with Crippen molar-refractivity contribution in [1.29, 1.82) is 0 Å². The average Bonchev–Trinajstić information content (AvgIpc) is 2.37. The fourth-order valence-electron chi connectivity index (χ4n) is 1.89. The fourth-order valence-corrected chi connectivity index (χ4v) is 1.89. The molecule has 0 spiro atoms. The standard InChI is InChI=1S/C14H22N2O2/c1-5-6-10(2)16(3)14(17)12-9-11(15)7-8-13(12)18-4/h7-10H,5-6,15H2,1-4H3.